The first-order valence-electron chi connectivity index (χ1n) is 6.48. The third kappa shape index (κ3) is 2.79. The van der Waals surface area contributed by atoms with E-state index in [1.165, 1.54) is 0 Å². The molecule has 0 atom stereocenters. The van der Waals surface area contributed by atoms with Crippen molar-refractivity contribution in [2.75, 3.05) is 18.5 Å². The minimum Gasteiger partial charge on any atom is -0.356 e. The Kier molecular flexibility index (Phi) is 4.34. The van der Waals surface area contributed by atoms with Crippen molar-refractivity contribution in [3.05, 3.63) is 23.8 Å². The van der Waals surface area contributed by atoms with Crippen LogP contribution in [0.1, 0.15) is 18.9 Å². The predicted molar refractivity (Wildman–Crippen MR) is 75.5 cm³/mol. The molecule has 1 aromatic heterocycles. The van der Waals surface area contributed by atoms with Gasteiger partial charge in [-0.15, -0.1) is 0 Å². The van der Waals surface area contributed by atoms with Crippen LogP contribution in [0.4, 0.5) is 5.82 Å². The van der Waals surface area contributed by atoms with Crippen LogP contribution in [0.5, 0.6) is 0 Å². The quantitative estimate of drug-likeness (QED) is 0.808. The fourth-order valence-corrected chi connectivity index (χ4v) is 2.07. The summed E-state index contributed by atoms with van der Waals surface area (Å²) in [6, 6.07) is 5.92. The highest BCUT2D eigenvalue weighted by atomic mass is 16.5. The summed E-state index contributed by atoms with van der Waals surface area (Å²) in [5, 5.41) is 7.12. The number of carbonyl (C=O) groups is 2. The van der Waals surface area contributed by atoms with E-state index in [4.69, 9.17) is 4.52 Å². The van der Waals surface area contributed by atoms with Gasteiger partial charge in [-0.3, -0.25) is 14.9 Å². The van der Waals surface area contributed by atoms with Gasteiger partial charge in [0, 0.05) is 20.0 Å². The molecule has 6 heteroatoms. The number of para-hydroxylation sites is 1. The second kappa shape index (κ2) is 6.18. The summed E-state index contributed by atoms with van der Waals surface area (Å²) in [4.78, 5) is 23.3. The van der Waals surface area contributed by atoms with Crippen molar-refractivity contribution >= 4 is 29.1 Å². The molecule has 6 nitrogen and oxygen atoms in total. The summed E-state index contributed by atoms with van der Waals surface area (Å²) in [5.41, 5.74) is 1.89. The molecule has 0 aliphatic rings. The number of anilines is 1. The summed E-state index contributed by atoms with van der Waals surface area (Å²) < 4.78 is 5.40. The number of nitrogens with zero attached hydrogens (tertiary/aromatic N) is 2. The standard InChI is InChI=1S/C14H17N3O3/c1-3-10-5-4-6-11-13(10)20-16-14(11)17(2)8-7-12(19)15-9-18/h4-6,9H,3,7-8H2,1-2H3,(H,15,18,19). The number of hydrogen-bond donors (Lipinski definition) is 1. The van der Waals surface area contributed by atoms with E-state index in [-0.39, 0.29) is 12.3 Å². The van der Waals surface area contributed by atoms with E-state index in [0.717, 1.165) is 23.0 Å². The molecule has 1 aromatic carbocycles. The molecule has 0 saturated carbocycles. The number of fused-ring (bicyclic) bond motifs is 1. The zero-order valence-electron chi connectivity index (χ0n) is 11.5. The van der Waals surface area contributed by atoms with Crippen LogP contribution in [0.2, 0.25) is 0 Å². The van der Waals surface area contributed by atoms with Gasteiger partial charge in [0.25, 0.3) is 0 Å². The number of imide groups is 1. The van der Waals surface area contributed by atoms with Crippen molar-refractivity contribution in [3.8, 4) is 0 Å². The van der Waals surface area contributed by atoms with Crippen molar-refractivity contribution < 1.29 is 14.1 Å². The molecule has 2 aromatic rings. The number of aromatic nitrogens is 1. The molecular formula is C14H17N3O3. The molecular weight excluding hydrogens is 258 g/mol. The van der Waals surface area contributed by atoms with Crippen LogP contribution in [0, 0.1) is 0 Å². The Bertz CT molecular complexity index is 621. The van der Waals surface area contributed by atoms with Crippen LogP contribution in [0.25, 0.3) is 11.0 Å². The molecule has 0 fully saturated rings. The SMILES string of the molecule is CCc1cccc2c(N(C)CCC(=O)NC=O)noc12. The first-order valence-corrected chi connectivity index (χ1v) is 6.48. The average molecular weight is 275 g/mol. The molecule has 0 aliphatic carbocycles. The third-order valence-corrected chi connectivity index (χ3v) is 3.20. The summed E-state index contributed by atoms with van der Waals surface area (Å²) in [6.45, 7) is 2.52. The summed E-state index contributed by atoms with van der Waals surface area (Å²) in [6.07, 6.45) is 1.48. The van der Waals surface area contributed by atoms with E-state index in [1.807, 2.05) is 30.1 Å². The van der Waals surface area contributed by atoms with Crippen LogP contribution in [-0.2, 0) is 16.0 Å². The fraction of sp³-hybridized carbons (Fsp3) is 0.357. The third-order valence-electron chi connectivity index (χ3n) is 3.20. The second-order valence-corrected chi connectivity index (χ2v) is 4.51. The molecule has 2 amide bonds. The van der Waals surface area contributed by atoms with Crippen molar-refractivity contribution in [2.45, 2.75) is 19.8 Å². The lowest BCUT2D eigenvalue weighted by Crippen LogP contribution is -2.28. The van der Waals surface area contributed by atoms with Crippen LogP contribution in [0.15, 0.2) is 22.7 Å². The monoisotopic (exact) mass is 275 g/mol. The summed E-state index contributed by atoms with van der Waals surface area (Å²) in [7, 11) is 1.84. The molecule has 0 saturated heterocycles. The van der Waals surface area contributed by atoms with Crippen LogP contribution in [0.3, 0.4) is 0 Å². The first-order chi connectivity index (χ1) is 9.67. The number of aryl methyl sites for hydroxylation is 1. The molecule has 20 heavy (non-hydrogen) atoms. The minimum absolute atomic E-state index is 0.219. The van der Waals surface area contributed by atoms with E-state index in [1.54, 1.807) is 0 Å². The minimum atomic E-state index is -0.311. The highest BCUT2D eigenvalue weighted by Crippen LogP contribution is 2.28. The smallest absolute Gasteiger partial charge is 0.228 e. The van der Waals surface area contributed by atoms with Crippen LogP contribution in [-0.4, -0.2) is 31.1 Å². The van der Waals surface area contributed by atoms with Gasteiger partial charge in [0.1, 0.15) is 0 Å². The van der Waals surface area contributed by atoms with Gasteiger partial charge < -0.3 is 9.42 Å². The lowest BCUT2D eigenvalue weighted by molar-refractivity contribution is -0.125. The second-order valence-electron chi connectivity index (χ2n) is 4.51. The molecule has 2 rings (SSSR count). The molecule has 1 heterocycles. The van der Waals surface area contributed by atoms with Gasteiger partial charge in [-0.25, -0.2) is 0 Å². The van der Waals surface area contributed by atoms with Crippen molar-refractivity contribution in [1.29, 1.82) is 0 Å². The lowest BCUT2D eigenvalue weighted by atomic mass is 10.1. The zero-order valence-corrected chi connectivity index (χ0v) is 11.5. The van der Waals surface area contributed by atoms with Crippen molar-refractivity contribution in [1.82, 2.24) is 10.5 Å². The topological polar surface area (TPSA) is 75.4 Å². The van der Waals surface area contributed by atoms with Gasteiger partial charge >= 0.3 is 0 Å². The maximum absolute atomic E-state index is 11.3. The van der Waals surface area contributed by atoms with Crippen LogP contribution >= 0.6 is 0 Å². The Morgan fingerprint density at radius 2 is 2.30 bits per heavy atom. The largest absolute Gasteiger partial charge is 0.356 e. The number of rotatable bonds is 6. The maximum atomic E-state index is 11.3. The molecule has 0 radical (unpaired) electrons. The number of hydrogen-bond acceptors (Lipinski definition) is 5. The molecule has 0 spiro atoms. The fourth-order valence-electron chi connectivity index (χ4n) is 2.07. The number of amides is 2. The van der Waals surface area contributed by atoms with E-state index in [2.05, 4.69) is 17.4 Å². The number of carbonyl (C=O) groups excluding carboxylic acids is 2. The average Bonchev–Trinajstić information content (AvgIpc) is 2.89. The maximum Gasteiger partial charge on any atom is 0.228 e. The summed E-state index contributed by atoms with van der Waals surface area (Å²) >= 11 is 0. The zero-order chi connectivity index (χ0) is 14.5. The van der Waals surface area contributed by atoms with Gasteiger partial charge in [0.05, 0.1) is 5.39 Å². The highest BCUT2D eigenvalue weighted by Gasteiger charge is 2.15. The van der Waals surface area contributed by atoms with Gasteiger partial charge in [-0.1, -0.05) is 24.2 Å². The molecule has 0 bridgehead atoms. The van der Waals surface area contributed by atoms with Gasteiger partial charge in [-0.05, 0) is 18.1 Å². The molecule has 0 unspecified atom stereocenters. The first kappa shape index (κ1) is 14.0. The molecule has 1 N–H and O–H groups in total. The van der Waals surface area contributed by atoms with E-state index in [0.29, 0.717) is 18.8 Å². The van der Waals surface area contributed by atoms with Gasteiger partial charge in [0.2, 0.25) is 12.3 Å². The number of benzene rings is 1. The predicted octanol–water partition coefficient (Wildman–Crippen LogP) is 1.49. The summed E-state index contributed by atoms with van der Waals surface area (Å²) in [5.74, 6) is 0.392. The Balaban J connectivity index is 2.16. The normalized spacial score (nSPS) is 10.5. The van der Waals surface area contributed by atoms with E-state index < -0.39 is 0 Å². The Labute approximate surface area is 116 Å². The van der Waals surface area contributed by atoms with Gasteiger partial charge in [0.15, 0.2) is 11.4 Å². The van der Waals surface area contributed by atoms with E-state index >= 15 is 0 Å². The highest BCUT2D eigenvalue weighted by molar-refractivity contribution is 5.91. The number of nitrogens with one attached hydrogen (secondary N) is 1. The Hall–Kier alpha value is -2.37. The Morgan fingerprint density at radius 3 is 3.00 bits per heavy atom. The molecule has 0 aliphatic heterocycles. The van der Waals surface area contributed by atoms with E-state index in [9.17, 15) is 9.59 Å². The lowest BCUT2D eigenvalue weighted by Gasteiger charge is -2.15. The van der Waals surface area contributed by atoms with Crippen molar-refractivity contribution in [2.24, 2.45) is 0 Å². The van der Waals surface area contributed by atoms with Crippen molar-refractivity contribution in [3.63, 3.8) is 0 Å². The molecule has 106 valence electrons. The van der Waals surface area contributed by atoms with Gasteiger partial charge in [-0.2, -0.15) is 0 Å². The Morgan fingerprint density at radius 1 is 1.50 bits per heavy atom. The van der Waals surface area contributed by atoms with Crippen LogP contribution < -0.4 is 10.2 Å².